The van der Waals surface area contributed by atoms with Gasteiger partial charge in [-0.2, -0.15) is 0 Å². The number of fused-ring (bicyclic) bond motifs is 1. The molecule has 1 unspecified atom stereocenters. The summed E-state index contributed by atoms with van der Waals surface area (Å²) in [5.41, 5.74) is 4.26. The fourth-order valence-electron chi connectivity index (χ4n) is 2.03. The maximum Gasteiger partial charge on any atom is 0.113 e. The first-order chi connectivity index (χ1) is 9.15. The summed E-state index contributed by atoms with van der Waals surface area (Å²) >= 11 is 9.64. The number of nitrogens with zero attached hydrogens (tertiary/aromatic N) is 3. The van der Waals surface area contributed by atoms with Crippen molar-refractivity contribution >= 4 is 55.5 Å². The molecule has 1 heterocycles. The minimum absolute atomic E-state index is 0. The summed E-state index contributed by atoms with van der Waals surface area (Å²) in [6.07, 6.45) is 0. The summed E-state index contributed by atoms with van der Waals surface area (Å²) in [5.74, 6) is 0. The predicted octanol–water partition coefficient (Wildman–Crippen LogP) is 4.68. The summed E-state index contributed by atoms with van der Waals surface area (Å²) in [4.78, 5) is 0.129. The molecule has 0 aliphatic heterocycles. The molecule has 0 amide bonds. The number of hydrogen-bond acceptors (Lipinski definition) is 2. The maximum atomic E-state index is 5.91. The summed E-state index contributed by atoms with van der Waals surface area (Å²) in [5, 5.41) is 8.84. The van der Waals surface area contributed by atoms with Crippen LogP contribution in [-0.2, 0) is 7.05 Å². The Balaban J connectivity index is 0.00000147. The van der Waals surface area contributed by atoms with Gasteiger partial charge in [0.25, 0.3) is 0 Å². The van der Waals surface area contributed by atoms with Gasteiger partial charge in [0, 0.05) is 12.1 Å². The van der Waals surface area contributed by atoms with Crippen LogP contribution < -0.4 is 0 Å². The molecular formula is C14H12Br2ClN3. The van der Waals surface area contributed by atoms with Gasteiger partial charge in [-0.3, -0.25) is 0 Å². The summed E-state index contributed by atoms with van der Waals surface area (Å²) in [6, 6.07) is 14.0. The van der Waals surface area contributed by atoms with Gasteiger partial charge in [-0.05, 0) is 35.4 Å². The second-order valence-electron chi connectivity index (χ2n) is 4.38. The summed E-state index contributed by atoms with van der Waals surface area (Å²) < 4.78 is 1.78. The molecule has 6 heteroatoms. The van der Waals surface area contributed by atoms with E-state index in [-0.39, 0.29) is 21.8 Å². The zero-order valence-corrected chi connectivity index (χ0v) is 14.7. The van der Waals surface area contributed by atoms with Gasteiger partial charge in [0.1, 0.15) is 5.52 Å². The number of benzene rings is 2. The summed E-state index contributed by atoms with van der Waals surface area (Å²) in [7, 11) is 1.89. The van der Waals surface area contributed by atoms with Gasteiger partial charge in [-0.25, -0.2) is 4.68 Å². The molecule has 0 aliphatic rings. The van der Waals surface area contributed by atoms with Gasteiger partial charge in [-0.1, -0.05) is 50.9 Å². The molecule has 0 N–H and O–H groups in total. The highest BCUT2D eigenvalue weighted by Gasteiger charge is 2.12. The lowest BCUT2D eigenvalue weighted by atomic mass is 10.0. The molecule has 1 atom stereocenters. The van der Waals surface area contributed by atoms with Gasteiger partial charge in [0.15, 0.2) is 0 Å². The first-order valence-corrected chi connectivity index (χ1v) is 7.13. The Hall–Kier alpha value is -0.910. The van der Waals surface area contributed by atoms with E-state index in [1.807, 2.05) is 37.4 Å². The second kappa shape index (κ2) is 6.24. The first-order valence-electron chi connectivity index (χ1n) is 5.84. The van der Waals surface area contributed by atoms with Crippen LogP contribution in [0.3, 0.4) is 0 Å². The zero-order valence-electron chi connectivity index (χ0n) is 10.6. The van der Waals surface area contributed by atoms with Crippen molar-refractivity contribution in [1.29, 1.82) is 0 Å². The molecule has 0 aliphatic carbocycles. The summed E-state index contributed by atoms with van der Waals surface area (Å²) in [6.45, 7) is 0. The molecular weight excluding hydrogens is 405 g/mol. The molecule has 1 aromatic heterocycles. The van der Waals surface area contributed by atoms with Crippen molar-refractivity contribution < 1.29 is 0 Å². The van der Waals surface area contributed by atoms with Crippen LogP contribution in [0.5, 0.6) is 0 Å². The van der Waals surface area contributed by atoms with Crippen LogP contribution in [0, 0.1) is 0 Å². The third kappa shape index (κ3) is 2.90. The normalized spacial score (nSPS) is 12.2. The van der Waals surface area contributed by atoms with Crippen LogP contribution in [0.2, 0.25) is 5.02 Å². The second-order valence-corrected chi connectivity index (χ2v) is 5.73. The minimum Gasteiger partial charge on any atom is -0.248 e. The van der Waals surface area contributed by atoms with Crippen LogP contribution >= 0.6 is 44.5 Å². The fourth-order valence-corrected chi connectivity index (χ4v) is 2.75. The van der Waals surface area contributed by atoms with Gasteiger partial charge in [0.05, 0.1) is 10.3 Å². The number of rotatable bonds is 2. The lowest BCUT2D eigenvalue weighted by molar-refractivity contribution is 0.736. The molecule has 3 rings (SSSR count). The largest absolute Gasteiger partial charge is 0.248 e. The van der Waals surface area contributed by atoms with Crippen LogP contribution in [0.25, 0.3) is 11.0 Å². The number of aromatic nitrogens is 3. The molecule has 3 nitrogen and oxygen atoms in total. The van der Waals surface area contributed by atoms with Crippen molar-refractivity contribution in [2.24, 2.45) is 7.05 Å². The number of alkyl halides is 1. The Morgan fingerprint density at radius 2 is 1.75 bits per heavy atom. The Bertz CT molecular complexity index is 725. The number of aryl methyl sites for hydroxylation is 1. The zero-order chi connectivity index (χ0) is 13.4. The van der Waals surface area contributed by atoms with Crippen LogP contribution in [0.4, 0.5) is 0 Å². The molecule has 0 saturated heterocycles. The quantitative estimate of drug-likeness (QED) is 0.567. The topological polar surface area (TPSA) is 30.7 Å². The van der Waals surface area contributed by atoms with Crippen LogP contribution in [-0.4, -0.2) is 15.0 Å². The van der Waals surface area contributed by atoms with Crippen LogP contribution in [0.1, 0.15) is 16.0 Å². The van der Waals surface area contributed by atoms with E-state index >= 15 is 0 Å². The Morgan fingerprint density at radius 3 is 2.45 bits per heavy atom. The van der Waals surface area contributed by atoms with Crippen molar-refractivity contribution in [3.8, 4) is 0 Å². The smallest absolute Gasteiger partial charge is 0.113 e. The molecule has 3 aromatic rings. The number of hydrogen-bond donors (Lipinski definition) is 0. The Labute approximate surface area is 140 Å². The minimum atomic E-state index is 0. The number of halogens is 3. The van der Waals surface area contributed by atoms with Gasteiger partial charge in [-0.15, -0.1) is 22.1 Å². The molecule has 0 saturated carbocycles. The lowest BCUT2D eigenvalue weighted by Gasteiger charge is -2.11. The van der Waals surface area contributed by atoms with Crippen molar-refractivity contribution in [2.45, 2.75) is 4.83 Å². The van der Waals surface area contributed by atoms with E-state index in [9.17, 15) is 0 Å². The molecule has 2 aromatic carbocycles. The highest BCUT2D eigenvalue weighted by atomic mass is 79.9. The third-order valence-electron chi connectivity index (χ3n) is 3.09. The van der Waals surface area contributed by atoms with Crippen molar-refractivity contribution in [3.05, 3.63) is 58.6 Å². The van der Waals surface area contributed by atoms with E-state index in [1.54, 1.807) is 4.68 Å². The lowest BCUT2D eigenvalue weighted by Crippen LogP contribution is -1.94. The first kappa shape index (κ1) is 15.5. The highest BCUT2D eigenvalue weighted by Crippen LogP contribution is 2.32. The fraction of sp³-hybridized carbons (Fsp3) is 0.143. The molecule has 0 fully saturated rings. The monoisotopic (exact) mass is 415 g/mol. The predicted molar refractivity (Wildman–Crippen MR) is 91.1 cm³/mol. The molecule has 20 heavy (non-hydrogen) atoms. The van der Waals surface area contributed by atoms with E-state index < -0.39 is 0 Å². The van der Waals surface area contributed by atoms with Crippen molar-refractivity contribution in [1.82, 2.24) is 15.0 Å². The molecule has 0 radical (unpaired) electrons. The SMILES string of the molecule is Br.Cn1nnc2ccc(C(Br)c3ccc(Cl)cc3)cc21. The van der Waals surface area contributed by atoms with Gasteiger partial charge < -0.3 is 0 Å². The average Bonchev–Trinajstić information content (AvgIpc) is 2.80. The Kier molecular flexibility index (Phi) is 4.83. The van der Waals surface area contributed by atoms with E-state index in [4.69, 9.17) is 11.6 Å². The van der Waals surface area contributed by atoms with Crippen molar-refractivity contribution in [2.75, 3.05) is 0 Å². The maximum absolute atomic E-state index is 5.91. The van der Waals surface area contributed by atoms with Gasteiger partial charge >= 0.3 is 0 Å². The van der Waals surface area contributed by atoms with E-state index in [1.165, 1.54) is 11.1 Å². The molecule has 0 spiro atoms. The van der Waals surface area contributed by atoms with E-state index in [0.717, 1.165) is 16.1 Å². The van der Waals surface area contributed by atoms with E-state index in [0.29, 0.717) is 0 Å². The third-order valence-corrected chi connectivity index (χ3v) is 4.40. The standard InChI is InChI=1S/C14H11BrClN3.BrH/c1-19-13-8-10(4-7-12(13)17-18-19)14(15)9-2-5-11(16)6-3-9;/h2-8,14H,1H3;1H. The van der Waals surface area contributed by atoms with Crippen molar-refractivity contribution in [3.63, 3.8) is 0 Å². The average molecular weight is 418 g/mol. The van der Waals surface area contributed by atoms with E-state index in [2.05, 4.69) is 38.4 Å². The Morgan fingerprint density at radius 1 is 1.10 bits per heavy atom. The highest BCUT2D eigenvalue weighted by molar-refractivity contribution is 9.09. The molecule has 104 valence electrons. The van der Waals surface area contributed by atoms with Gasteiger partial charge in [0.2, 0.25) is 0 Å². The van der Waals surface area contributed by atoms with Crippen LogP contribution in [0.15, 0.2) is 42.5 Å². The molecule has 0 bridgehead atoms.